The Balaban J connectivity index is 2.10. The van der Waals surface area contributed by atoms with Crippen LogP contribution in [-0.4, -0.2) is 23.2 Å². The van der Waals surface area contributed by atoms with E-state index in [1.54, 1.807) is 36.6 Å². The molecule has 21 heavy (non-hydrogen) atoms. The Hall–Kier alpha value is -2.34. The molecule has 110 valence electrons. The molecule has 1 N–H and O–H groups in total. The van der Waals surface area contributed by atoms with Gasteiger partial charge in [0.25, 0.3) is 0 Å². The van der Waals surface area contributed by atoms with Crippen LogP contribution in [0.15, 0.2) is 29.7 Å². The summed E-state index contributed by atoms with van der Waals surface area (Å²) in [6, 6.07) is 5.24. The summed E-state index contributed by atoms with van der Waals surface area (Å²) in [5.41, 5.74) is 1.60. The van der Waals surface area contributed by atoms with Gasteiger partial charge in [0.05, 0.1) is 17.8 Å². The number of carbonyl (C=O) groups is 1. The highest BCUT2D eigenvalue weighted by molar-refractivity contribution is 7.09. The standard InChI is InChI=1S/C15H15NO4S/c1-10-16-12(9-21-10)8-20-13-5-3-11(4-6-15(17)18)7-14(13)19-2/h3-7,9H,8H2,1-2H3,(H,17,18)/b6-4+. The second kappa shape index (κ2) is 6.90. The molecule has 2 rings (SSSR count). The van der Waals surface area contributed by atoms with E-state index in [4.69, 9.17) is 14.6 Å². The number of aromatic nitrogens is 1. The van der Waals surface area contributed by atoms with E-state index in [-0.39, 0.29) is 0 Å². The molecule has 2 aromatic rings. The summed E-state index contributed by atoms with van der Waals surface area (Å²) in [6.45, 7) is 2.31. The Bertz CT molecular complexity index is 663. The molecule has 5 nitrogen and oxygen atoms in total. The van der Waals surface area contributed by atoms with E-state index in [9.17, 15) is 4.79 Å². The van der Waals surface area contributed by atoms with Crippen LogP contribution in [0.25, 0.3) is 6.08 Å². The molecule has 0 aliphatic heterocycles. The highest BCUT2D eigenvalue weighted by Crippen LogP contribution is 2.29. The van der Waals surface area contributed by atoms with Crippen molar-refractivity contribution in [3.63, 3.8) is 0 Å². The van der Waals surface area contributed by atoms with E-state index in [1.165, 1.54) is 6.08 Å². The maximum absolute atomic E-state index is 10.5. The first-order chi connectivity index (χ1) is 10.1. The topological polar surface area (TPSA) is 68.7 Å². The average molecular weight is 305 g/mol. The van der Waals surface area contributed by atoms with Gasteiger partial charge in [-0.1, -0.05) is 6.07 Å². The van der Waals surface area contributed by atoms with E-state index in [0.717, 1.165) is 22.3 Å². The zero-order chi connectivity index (χ0) is 15.2. The minimum absolute atomic E-state index is 0.366. The molecule has 6 heteroatoms. The number of rotatable bonds is 6. The first-order valence-corrected chi connectivity index (χ1v) is 7.09. The number of carboxylic acid groups (broad SMARTS) is 1. The van der Waals surface area contributed by atoms with Gasteiger partial charge in [0.2, 0.25) is 0 Å². The largest absolute Gasteiger partial charge is 0.493 e. The van der Waals surface area contributed by atoms with Gasteiger partial charge < -0.3 is 14.6 Å². The van der Waals surface area contributed by atoms with E-state index in [1.807, 2.05) is 12.3 Å². The lowest BCUT2D eigenvalue weighted by Crippen LogP contribution is -1.98. The Morgan fingerprint density at radius 2 is 2.24 bits per heavy atom. The van der Waals surface area contributed by atoms with Crippen molar-refractivity contribution < 1.29 is 19.4 Å². The third-order valence-electron chi connectivity index (χ3n) is 2.65. The smallest absolute Gasteiger partial charge is 0.328 e. The van der Waals surface area contributed by atoms with Gasteiger partial charge in [-0.05, 0) is 30.7 Å². The fourth-order valence-corrected chi connectivity index (χ4v) is 2.30. The predicted molar refractivity (Wildman–Crippen MR) is 80.8 cm³/mol. The van der Waals surface area contributed by atoms with Crippen LogP contribution in [0, 0.1) is 6.92 Å². The number of thiazole rings is 1. The number of benzene rings is 1. The zero-order valence-electron chi connectivity index (χ0n) is 11.7. The highest BCUT2D eigenvalue weighted by atomic mass is 32.1. The molecule has 0 unspecified atom stereocenters. The van der Waals surface area contributed by atoms with E-state index < -0.39 is 5.97 Å². The van der Waals surface area contributed by atoms with Crippen molar-refractivity contribution in [1.29, 1.82) is 0 Å². The lowest BCUT2D eigenvalue weighted by molar-refractivity contribution is -0.131. The minimum atomic E-state index is -0.992. The zero-order valence-corrected chi connectivity index (χ0v) is 12.5. The van der Waals surface area contributed by atoms with Crippen LogP contribution < -0.4 is 9.47 Å². The van der Waals surface area contributed by atoms with Gasteiger partial charge in [-0.25, -0.2) is 9.78 Å². The van der Waals surface area contributed by atoms with Crippen molar-refractivity contribution >= 4 is 23.4 Å². The van der Waals surface area contributed by atoms with Crippen molar-refractivity contribution in [1.82, 2.24) is 4.98 Å². The molecule has 0 aliphatic rings. The molecule has 0 atom stereocenters. The van der Waals surface area contributed by atoms with E-state index in [0.29, 0.717) is 18.1 Å². The summed E-state index contributed by atoms with van der Waals surface area (Å²) in [5, 5.41) is 11.6. The Labute approximate surface area is 126 Å². The van der Waals surface area contributed by atoms with Crippen molar-refractivity contribution in [2.24, 2.45) is 0 Å². The first kappa shape index (κ1) is 15.1. The highest BCUT2D eigenvalue weighted by Gasteiger charge is 2.06. The molecule has 0 radical (unpaired) electrons. The predicted octanol–water partition coefficient (Wildman–Crippen LogP) is 3.14. The molecule has 0 spiro atoms. The minimum Gasteiger partial charge on any atom is -0.493 e. The average Bonchev–Trinajstić information content (AvgIpc) is 2.88. The summed E-state index contributed by atoms with van der Waals surface area (Å²) in [5.74, 6) is 0.151. The van der Waals surface area contributed by atoms with Gasteiger partial charge >= 0.3 is 5.97 Å². The van der Waals surface area contributed by atoms with Crippen LogP contribution >= 0.6 is 11.3 Å². The number of nitrogens with zero attached hydrogens (tertiary/aromatic N) is 1. The second-order valence-electron chi connectivity index (χ2n) is 4.23. The Kier molecular flexibility index (Phi) is 4.94. The maximum atomic E-state index is 10.5. The number of aliphatic carboxylic acids is 1. The summed E-state index contributed by atoms with van der Waals surface area (Å²) >= 11 is 1.57. The van der Waals surface area contributed by atoms with Gasteiger partial charge in [0, 0.05) is 11.5 Å². The van der Waals surface area contributed by atoms with Gasteiger partial charge in [-0.2, -0.15) is 0 Å². The van der Waals surface area contributed by atoms with Crippen LogP contribution in [0.5, 0.6) is 11.5 Å². The summed E-state index contributed by atoms with van der Waals surface area (Å²) in [4.78, 5) is 14.8. The van der Waals surface area contributed by atoms with Gasteiger partial charge in [0.1, 0.15) is 6.61 Å². The van der Waals surface area contributed by atoms with Crippen LogP contribution in [0.4, 0.5) is 0 Å². The molecule has 0 saturated heterocycles. The quantitative estimate of drug-likeness (QED) is 0.830. The molecule has 1 aromatic carbocycles. The van der Waals surface area contributed by atoms with Crippen LogP contribution in [0.1, 0.15) is 16.3 Å². The fourth-order valence-electron chi connectivity index (χ4n) is 1.70. The van der Waals surface area contributed by atoms with Crippen molar-refractivity contribution in [3.8, 4) is 11.5 Å². The van der Waals surface area contributed by atoms with Gasteiger partial charge in [-0.15, -0.1) is 11.3 Å². The normalized spacial score (nSPS) is 10.8. The summed E-state index contributed by atoms with van der Waals surface area (Å²) in [7, 11) is 1.54. The Morgan fingerprint density at radius 3 is 2.86 bits per heavy atom. The van der Waals surface area contributed by atoms with Crippen LogP contribution in [-0.2, 0) is 11.4 Å². The van der Waals surface area contributed by atoms with Crippen LogP contribution in [0.2, 0.25) is 0 Å². The molecular weight excluding hydrogens is 290 g/mol. The molecule has 0 bridgehead atoms. The molecule has 1 aromatic heterocycles. The fraction of sp³-hybridized carbons (Fsp3) is 0.200. The summed E-state index contributed by atoms with van der Waals surface area (Å²) < 4.78 is 10.9. The van der Waals surface area contributed by atoms with Crippen molar-refractivity contribution in [2.75, 3.05) is 7.11 Å². The molecular formula is C15H15NO4S. The Morgan fingerprint density at radius 1 is 1.43 bits per heavy atom. The number of hydrogen-bond donors (Lipinski definition) is 1. The molecule has 1 heterocycles. The number of hydrogen-bond acceptors (Lipinski definition) is 5. The maximum Gasteiger partial charge on any atom is 0.328 e. The number of ether oxygens (including phenoxy) is 2. The third-order valence-corrected chi connectivity index (χ3v) is 3.47. The second-order valence-corrected chi connectivity index (χ2v) is 5.29. The van der Waals surface area contributed by atoms with Gasteiger partial charge in [-0.3, -0.25) is 0 Å². The first-order valence-electron chi connectivity index (χ1n) is 6.21. The molecule has 0 aliphatic carbocycles. The molecule has 0 amide bonds. The number of methoxy groups -OCH3 is 1. The lowest BCUT2D eigenvalue weighted by Gasteiger charge is -2.10. The van der Waals surface area contributed by atoms with E-state index in [2.05, 4.69) is 4.98 Å². The summed E-state index contributed by atoms with van der Waals surface area (Å²) in [6.07, 6.45) is 2.58. The molecule has 0 saturated carbocycles. The number of carboxylic acids is 1. The number of aryl methyl sites for hydroxylation is 1. The molecule has 0 fully saturated rings. The lowest BCUT2D eigenvalue weighted by atomic mass is 10.2. The third kappa shape index (κ3) is 4.32. The van der Waals surface area contributed by atoms with Gasteiger partial charge in [0.15, 0.2) is 11.5 Å². The van der Waals surface area contributed by atoms with Crippen LogP contribution in [0.3, 0.4) is 0 Å². The van der Waals surface area contributed by atoms with E-state index >= 15 is 0 Å². The monoisotopic (exact) mass is 305 g/mol. The van der Waals surface area contributed by atoms with Crippen molar-refractivity contribution in [3.05, 3.63) is 45.9 Å². The van der Waals surface area contributed by atoms with Crippen molar-refractivity contribution in [2.45, 2.75) is 13.5 Å². The SMILES string of the molecule is COc1cc(/C=C/C(=O)O)ccc1OCc1csc(C)n1.